The SMILES string of the molecule is O=C(NC[C@H](O)COc1ccccc1Br)[C@@H]1CNCCO1. The minimum absolute atomic E-state index is 0.104. The van der Waals surface area contributed by atoms with Gasteiger partial charge in [-0.2, -0.15) is 0 Å². The van der Waals surface area contributed by atoms with E-state index in [0.29, 0.717) is 18.9 Å². The van der Waals surface area contributed by atoms with Crippen LogP contribution in [0.2, 0.25) is 0 Å². The molecule has 1 amide bonds. The van der Waals surface area contributed by atoms with Gasteiger partial charge in [0.25, 0.3) is 5.91 Å². The fourth-order valence-corrected chi connectivity index (χ4v) is 2.27. The van der Waals surface area contributed by atoms with E-state index in [1.807, 2.05) is 18.2 Å². The molecule has 1 heterocycles. The molecule has 21 heavy (non-hydrogen) atoms. The number of benzene rings is 1. The molecule has 6 nitrogen and oxygen atoms in total. The summed E-state index contributed by atoms with van der Waals surface area (Å²) in [6, 6.07) is 7.39. The van der Waals surface area contributed by atoms with Crippen molar-refractivity contribution < 1.29 is 19.4 Å². The van der Waals surface area contributed by atoms with Gasteiger partial charge in [0, 0.05) is 19.6 Å². The molecular weight excluding hydrogens is 340 g/mol. The zero-order valence-electron chi connectivity index (χ0n) is 11.5. The molecule has 1 aromatic rings. The Kier molecular flexibility index (Phi) is 6.44. The highest BCUT2D eigenvalue weighted by Crippen LogP contribution is 2.23. The van der Waals surface area contributed by atoms with Gasteiger partial charge in [-0.05, 0) is 28.1 Å². The van der Waals surface area contributed by atoms with Gasteiger partial charge in [-0.1, -0.05) is 12.1 Å². The normalized spacial score (nSPS) is 19.8. The van der Waals surface area contributed by atoms with Crippen molar-refractivity contribution in [3.63, 3.8) is 0 Å². The molecular formula is C14H19BrN2O4. The van der Waals surface area contributed by atoms with Crippen LogP contribution in [0.15, 0.2) is 28.7 Å². The molecule has 0 unspecified atom stereocenters. The first-order chi connectivity index (χ1) is 10.2. The van der Waals surface area contributed by atoms with Crippen molar-refractivity contribution in [1.82, 2.24) is 10.6 Å². The van der Waals surface area contributed by atoms with Crippen molar-refractivity contribution in [2.24, 2.45) is 0 Å². The van der Waals surface area contributed by atoms with E-state index < -0.39 is 12.2 Å². The maximum Gasteiger partial charge on any atom is 0.250 e. The molecule has 0 bridgehead atoms. The van der Waals surface area contributed by atoms with Gasteiger partial charge in [-0.15, -0.1) is 0 Å². The first kappa shape index (κ1) is 16.2. The number of hydrogen-bond donors (Lipinski definition) is 3. The number of carbonyl (C=O) groups excluding carboxylic acids is 1. The van der Waals surface area contributed by atoms with E-state index in [9.17, 15) is 9.90 Å². The van der Waals surface area contributed by atoms with E-state index in [1.165, 1.54) is 0 Å². The van der Waals surface area contributed by atoms with Crippen LogP contribution in [0, 0.1) is 0 Å². The average Bonchev–Trinajstić information content (AvgIpc) is 2.52. The Labute approximate surface area is 131 Å². The van der Waals surface area contributed by atoms with Gasteiger partial charge >= 0.3 is 0 Å². The summed E-state index contributed by atoms with van der Waals surface area (Å²) in [5.41, 5.74) is 0. The smallest absolute Gasteiger partial charge is 0.250 e. The minimum Gasteiger partial charge on any atom is -0.490 e. The van der Waals surface area contributed by atoms with Crippen molar-refractivity contribution in [1.29, 1.82) is 0 Å². The molecule has 0 aromatic heterocycles. The molecule has 0 spiro atoms. The Bertz CT molecular complexity index is 466. The van der Waals surface area contributed by atoms with E-state index in [2.05, 4.69) is 26.6 Å². The maximum absolute atomic E-state index is 11.8. The molecule has 1 fully saturated rings. The standard InChI is InChI=1S/C14H19BrN2O4/c15-11-3-1-2-4-12(11)21-9-10(18)7-17-14(19)13-8-16-5-6-20-13/h1-4,10,13,16,18H,5-9H2,(H,17,19)/t10-,13-/m0/s1. The lowest BCUT2D eigenvalue weighted by Crippen LogP contribution is -2.49. The molecule has 3 N–H and O–H groups in total. The lowest BCUT2D eigenvalue weighted by atomic mass is 10.2. The lowest BCUT2D eigenvalue weighted by Gasteiger charge is -2.23. The summed E-state index contributed by atoms with van der Waals surface area (Å²) in [5.74, 6) is 0.435. The molecule has 0 aliphatic carbocycles. The highest BCUT2D eigenvalue weighted by atomic mass is 79.9. The number of aliphatic hydroxyl groups excluding tert-OH is 1. The van der Waals surface area contributed by atoms with E-state index >= 15 is 0 Å². The van der Waals surface area contributed by atoms with Gasteiger partial charge in [0.1, 0.15) is 24.6 Å². The fourth-order valence-electron chi connectivity index (χ4n) is 1.87. The number of aliphatic hydroxyl groups is 1. The number of halogens is 1. The quantitative estimate of drug-likeness (QED) is 0.681. The topological polar surface area (TPSA) is 79.8 Å². The van der Waals surface area contributed by atoms with Crippen molar-refractivity contribution in [3.8, 4) is 5.75 Å². The van der Waals surface area contributed by atoms with Crippen LogP contribution in [-0.2, 0) is 9.53 Å². The first-order valence-corrected chi connectivity index (χ1v) is 7.61. The number of ether oxygens (including phenoxy) is 2. The molecule has 1 saturated heterocycles. The van der Waals surface area contributed by atoms with Gasteiger partial charge in [0.2, 0.25) is 0 Å². The maximum atomic E-state index is 11.8. The molecule has 1 aliphatic rings. The first-order valence-electron chi connectivity index (χ1n) is 6.82. The Morgan fingerprint density at radius 1 is 1.57 bits per heavy atom. The van der Waals surface area contributed by atoms with Crippen molar-refractivity contribution >= 4 is 21.8 Å². The number of carbonyl (C=O) groups is 1. The number of morpholine rings is 1. The van der Waals surface area contributed by atoms with Crippen LogP contribution in [0.3, 0.4) is 0 Å². The van der Waals surface area contributed by atoms with E-state index in [4.69, 9.17) is 9.47 Å². The summed E-state index contributed by atoms with van der Waals surface area (Å²) >= 11 is 3.36. The third-order valence-electron chi connectivity index (χ3n) is 3.00. The summed E-state index contributed by atoms with van der Waals surface area (Å²) in [5, 5.41) is 15.6. The van der Waals surface area contributed by atoms with Crippen molar-refractivity contribution in [3.05, 3.63) is 28.7 Å². The van der Waals surface area contributed by atoms with Gasteiger partial charge in [0.05, 0.1) is 11.1 Å². The summed E-state index contributed by atoms with van der Waals surface area (Å²) in [6.07, 6.45) is -1.27. The van der Waals surface area contributed by atoms with E-state index in [1.54, 1.807) is 6.07 Å². The number of rotatable bonds is 6. The molecule has 2 atom stereocenters. The summed E-state index contributed by atoms with van der Waals surface area (Å²) in [7, 11) is 0. The number of para-hydroxylation sites is 1. The molecule has 2 rings (SSSR count). The lowest BCUT2D eigenvalue weighted by molar-refractivity contribution is -0.134. The van der Waals surface area contributed by atoms with Crippen molar-refractivity contribution in [2.75, 3.05) is 32.8 Å². The summed E-state index contributed by atoms with van der Waals surface area (Å²) in [4.78, 5) is 11.8. The zero-order chi connectivity index (χ0) is 15.1. The van der Waals surface area contributed by atoms with Gasteiger partial charge < -0.3 is 25.2 Å². The largest absolute Gasteiger partial charge is 0.490 e. The highest BCUT2D eigenvalue weighted by molar-refractivity contribution is 9.10. The van der Waals surface area contributed by atoms with Crippen LogP contribution < -0.4 is 15.4 Å². The highest BCUT2D eigenvalue weighted by Gasteiger charge is 2.22. The predicted molar refractivity (Wildman–Crippen MR) is 81.3 cm³/mol. The summed E-state index contributed by atoms with van der Waals surface area (Å²) in [6.45, 7) is 2.00. The monoisotopic (exact) mass is 358 g/mol. The Morgan fingerprint density at radius 2 is 2.38 bits per heavy atom. The predicted octanol–water partition coefficient (Wildman–Crippen LogP) is 0.293. The molecule has 0 saturated carbocycles. The third kappa shape index (κ3) is 5.28. The second-order valence-corrected chi connectivity index (χ2v) is 5.56. The van der Waals surface area contributed by atoms with Gasteiger partial charge in [-0.25, -0.2) is 0 Å². The van der Waals surface area contributed by atoms with Gasteiger partial charge in [-0.3, -0.25) is 4.79 Å². The molecule has 116 valence electrons. The summed E-state index contributed by atoms with van der Waals surface area (Å²) < 4.78 is 11.6. The van der Waals surface area contributed by atoms with E-state index in [-0.39, 0.29) is 19.1 Å². The average molecular weight is 359 g/mol. The Hall–Kier alpha value is -1.15. The van der Waals surface area contributed by atoms with E-state index in [0.717, 1.165) is 11.0 Å². The van der Waals surface area contributed by atoms with Crippen LogP contribution in [0.4, 0.5) is 0 Å². The Balaban J connectivity index is 1.68. The Morgan fingerprint density at radius 3 is 3.10 bits per heavy atom. The third-order valence-corrected chi connectivity index (χ3v) is 3.65. The van der Waals surface area contributed by atoms with Crippen LogP contribution in [0.25, 0.3) is 0 Å². The molecule has 7 heteroatoms. The number of amides is 1. The van der Waals surface area contributed by atoms with Crippen LogP contribution in [0.5, 0.6) is 5.75 Å². The van der Waals surface area contributed by atoms with Crippen LogP contribution in [-0.4, -0.2) is 56.1 Å². The van der Waals surface area contributed by atoms with Crippen molar-refractivity contribution in [2.45, 2.75) is 12.2 Å². The minimum atomic E-state index is -0.780. The van der Waals surface area contributed by atoms with Crippen LogP contribution >= 0.6 is 15.9 Å². The zero-order valence-corrected chi connectivity index (χ0v) is 13.1. The second-order valence-electron chi connectivity index (χ2n) is 4.70. The number of nitrogens with one attached hydrogen (secondary N) is 2. The molecule has 1 aliphatic heterocycles. The van der Waals surface area contributed by atoms with Gasteiger partial charge in [0.15, 0.2) is 0 Å². The second kappa shape index (κ2) is 8.33. The number of hydrogen-bond acceptors (Lipinski definition) is 5. The molecule has 1 aromatic carbocycles. The molecule has 0 radical (unpaired) electrons. The fraction of sp³-hybridized carbons (Fsp3) is 0.500. The van der Waals surface area contributed by atoms with Crippen LogP contribution in [0.1, 0.15) is 0 Å².